The molecule has 1 fully saturated rings. The molecule has 16 heavy (non-hydrogen) atoms. The van der Waals surface area contributed by atoms with Gasteiger partial charge in [-0.15, -0.1) is 0 Å². The van der Waals surface area contributed by atoms with E-state index in [4.69, 9.17) is 9.84 Å². The minimum atomic E-state index is -0.0681. The Hall–Kier alpha value is -0.610. The van der Waals surface area contributed by atoms with Gasteiger partial charge in [0.15, 0.2) is 0 Å². The lowest BCUT2D eigenvalue weighted by atomic mass is 9.88. The summed E-state index contributed by atoms with van der Waals surface area (Å²) in [6.07, 6.45) is 0.113. The Morgan fingerprint density at radius 2 is 1.94 bits per heavy atom. The zero-order valence-corrected chi connectivity index (χ0v) is 10.6. The second-order valence-corrected chi connectivity index (χ2v) is 4.57. The van der Waals surface area contributed by atoms with Gasteiger partial charge in [0.25, 0.3) is 0 Å². The number of aliphatic hydroxyl groups excluding tert-OH is 1. The highest BCUT2D eigenvalue weighted by Crippen LogP contribution is 2.33. The van der Waals surface area contributed by atoms with Crippen molar-refractivity contribution in [1.82, 2.24) is 4.90 Å². The minimum Gasteiger partial charge on any atom is -0.395 e. The van der Waals surface area contributed by atoms with Crippen molar-refractivity contribution in [2.75, 3.05) is 19.7 Å². The summed E-state index contributed by atoms with van der Waals surface area (Å²) in [5.41, 5.74) is 0. The molecule has 4 nitrogen and oxygen atoms in total. The van der Waals surface area contributed by atoms with Crippen LogP contribution in [0.4, 0.5) is 0 Å². The molecule has 1 amide bonds. The monoisotopic (exact) mass is 229 g/mol. The van der Waals surface area contributed by atoms with Crippen molar-refractivity contribution in [2.45, 2.75) is 39.9 Å². The second kappa shape index (κ2) is 5.64. The van der Waals surface area contributed by atoms with Crippen LogP contribution in [-0.2, 0) is 9.53 Å². The Kier molecular flexibility index (Phi) is 4.74. The minimum absolute atomic E-state index is 0.0193. The number of ether oxygens (including phenoxy) is 1. The van der Waals surface area contributed by atoms with Crippen molar-refractivity contribution in [3.63, 3.8) is 0 Å². The molecule has 1 saturated heterocycles. The standard InChI is InChI=1S/C12H23NO3/c1-5-13(6-7-14)12(15)11-8(2)9(3)16-10(11)4/h8-11,14H,5-7H2,1-4H3. The summed E-state index contributed by atoms with van der Waals surface area (Å²) in [4.78, 5) is 14.0. The summed E-state index contributed by atoms with van der Waals surface area (Å²) in [6.45, 7) is 9.03. The number of rotatable bonds is 4. The molecule has 1 aliphatic heterocycles. The predicted molar refractivity (Wildman–Crippen MR) is 62.0 cm³/mol. The van der Waals surface area contributed by atoms with Gasteiger partial charge in [-0.2, -0.15) is 0 Å². The molecule has 1 rings (SSSR count). The van der Waals surface area contributed by atoms with Gasteiger partial charge >= 0.3 is 0 Å². The third kappa shape index (κ3) is 2.55. The third-order valence-corrected chi connectivity index (χ3v) is 3.59. The molecule has 4 heteroatoms. The fourth-order valence-electron chi connectivity index (χ4n) is 2.45. The molecule has 0 spiro atoms. The second-order valence-electron chi connectivity index (χ2n) is 4.57. The summed E-state index contributed by atoms with van der Waals surface area (Å²) in [5.74, 6) is 0.289. The maximum Gasteiger partial charge on any atom is 0.228 e. The van der Waals surface area contributed by atoms with Crippen LogP contribution in [0, 0.1) is 11.8 Å². The van der Waals surface area contributed by atoms with Crippen molar-refractivity contribution in [1.29, 1.82) is 0 Å². The summed E-state index contributed by atoms with van der Waals surface area (Å²) < 4.78 is 5.67. The molecule has 0 aliphatic carbocycles. The number of carbonyl (C=O) groups excluding carboxylic acids is 1. The number of hydrogen-bond donors (Lipinski definition) is 1. The van der Waals surface area contributed by atoms with E-state index in [1.54, 1.807) is 4.90 Å². The van der Waals surface area contributed by atoms with E-state index in [1.165, 1.54) is 0 Å². The average Bonchev–Trinajstić information content (AvgIpc) is 2.49. The normalized spacial score (nSPS) is 34.1. The molecule has 0 saturated carbocycles. The largest absolute Gasteiger partial charge is 0.395 e. The Morgan fingerprint density at radius 1 is 1.31 bits per heavy atom. The van der Waals surface area contributed by atoms with E-state index >= 15 is 0 Å². The van der Waals surface area contributed by atoms with Crippen LogP contribution in [0.5, 0.6) is 0 Å². The molecule has 4 unspecified atom stereocenters. The molecule has 94 valence electrons. The Balaban J connectivity index is 2.71. The van der Waals surface area contributed by atoms with Crippen LogP contribution in [0.25, 0.3) is 0 Å². The van der Waals surface area contributed by atoms with Gasteiger partial charge in [0, 0.05) is 13.1 Å². The van der Waals surface area contributed by atoms with E-state index in [2.05, 4.69) is 6.92 Å². The smallest absolute Gasteiger partial charge is 0.228 e. The van der Waals surface area contributed by atoms with Crippen LogP contribution < -0.4 is 0 Å². The third-order valence-electron chi connectivity index (χ3n) is 3.59. The van der Waals surface area contributed by atoms with Gasteiger partial charge in [0.2, 0.25) is 5.91 Å². The quantitative estimate of drug-likeness (QED) is 0.778. The SMILES string of the molecule is CCN(CCO)C(=O)C1C(C)OC(C)C1C. The van der Waals surface area contributed by atoms with Gasteiger partial charge in [0.05, 0.1) is 24.7 Å². The number of amides is 1. The Morgan fingerprint density at radius 3 is 2.31 bits per heavy atom. The predicted octanol–water partition coefficient (Wildman–Crippen LogP) is 0.887. The van der Waals surface area contributed by atoms with Gasteiger partial charge in [-0.3, -0.25) is 4.79 Å². The van der Waals surface area contributed by atoms with E-state index in [1.807, 2.05) is 20.8 Å². The molecule has 0 aromatic rings. The molecule has 0 aromatic heterocycles. The number of likely N-dealkylation sites (N-methyl/N-ethyl adjacent to an activating group) is 1. The molecule has 0 radical (unpaired) electrons. The number of nitrogens with zero attached hydrogens (tertiary/aromatic N) is 1. The first-order valence-electron chi connectivity index (χ1n) is 6.08. The van der Waals surface area contributed by atoms with Crippen molar-refractivity contribution in [3.8, 4) is 0 Å². The van der Waals surface area contributed by atoms with E-state index in [0.717, 1.165) is 0 Å². The van der Waals surface area contributed by atoms with E-state index < -0.39 is 0 Å². The lowest BCUT2D eigenvalue weighted by Crippen LogP contribution is -2.42. The van der Waals surface area contributed by atoms with E-state index in [0.29, 0.717) is 13.1 Å². The van der Waals surface area contributed by atoms with Crippen LogP contribution in [0.1, 0.15) is 27.7 Å². The summed E-state index contributed by atoms with van der Waals surface area (Å²) in [5, 5.41) is 8.92. The maximum absolute atomic E-state index is 12.3. The van der Waals surface area contributed by atoms with Gasteiger partial charge in [-0.05, 0) is 26.7 Å². The van der Waals surface area contributed by atoms with E-state index in [-0.39, 0.29) is 36.6 Å². The van der Waals surface area contributed by atoms with Crippen LogP contribution in [-0.4, -0.2) is 47.8 Å². The highest BCUT2D eigenvalue weighted by molar-refractivity contribution is 5.80. The van der Waals surface area contributed by atoms with Crippen molar-refractivity contribution < 1.29 is 14.6 Å². The van der Waals surface area contributed by atoms with E-state index in [9.17, 15) is 4.79 Å². The topological polar surface area (TPSA) is 49.8 Å². The fraction of sp³-hybridized carbons (Fsp3) is 0.917. The van der Waals surface area contributed by atoms with Crippen LogP contribution in [0.15, 0.2) is 0 Å². The van der Waals surface area contributed by atoms with Gasteiger partial charge in [-0.25, -0.2) is 0 Å². The maximum atomic E-state index is 12.3. The van der Waals surface area contributed by atoms with Gasteiger partial charge in [0.1, 0.15) is 0 Å². The first kappa shape index (κ1) is 13.5. The van der Waals surface area contributed by atoms with Crippen molar-refractivity contribution in [3.05, 3.63) is 0 Å². The molecule has 4 atom stereocenters. The first-order chi connectivity index (χ1) is 7.52. The zero-order valence-electron chi connectivity index (χ0n) is 10.6. The lowest BCUT2D eigenvalue weighted by molar-refractivity contribution is -0.138. The van der Waals surface area contributed by atoms with Crippen molar-refractivity contribution >= 4 is 5.91 Å². The number of carbonyl (C=O) groups is 1. The summed E-state index contributed by atoms with van der Waals surface area (Å²) in [7, 11) is 0. The molecule has 1 aliphatic rings. The van der Waals surface area contributed by atoms with Crippen LogP contribution >= 0.6 is 0 Å². The van der Waals surface area contributed by atoms with Crippen LogP contribution in [0.2, 0.25) is 0 Å². The number of aliphatic hydroxyl groups is 1. The first-order valence-corrected chi connectivity index (χ1v) is 6.08. The van der Waals surface area contributed by atoms with Gasteiger partial charge < -0.3 is 14.7 Å². The summed E-state index contributed by atoms with van der Waals surface area (Å²) in [6, 6.07) is 0. The highest BCUT2D eigenvalue weighted by Gasteiger charge is 2.42. The Labute approximate surface area is 97.6 Å². The molecule has 0 aromatic carbocycles. The average molecular weight is 229 g/mol. The van der Waals surface area contributed by atoms with Crippen molar-refractivity contribution in [2.24, 2.45) is 11.8 Å². The molecular weight excluding hydrogens is 206 g/mol. The summed E-state index contributed by atoms with van der Waals surface area (Å²) >= 11 is 0. The zero-order chi connectivity index (χ0) is 12.3. The highest BCUT2D eigenvalue weighted by atomic mass is 16.5. The fourth-order valence-corrected chi connectivity index (χ4v) is 2.45. The van der Waals surface area contributed by atoms with Gasteiger partial charge in [-0.1, -0.05) is 6.92 Å². The lowest BCUT2D eigenvalue weighted by Gasteiger charge is -2.26. The molecule has 0 bridgehead atoms. The number of hydrogen-bond acceptors (Lipinski definition) is 3. The molecule has 1 N–H and O–H groups in total. The van der Waals surface area contributed by atoms with Crippen LogP contribution in [0.3, 0.4) is 0 Å². The molecule has 1 heterocycles. The molecular formula is C12H23NO3. The Bertz CT molecular complexity index is 244.